The summed E-state index contributed by atoms with van der Waals surface area (Å²) >= 11 is 0. The molecule has 1 heterocycles. The van der Waals surface area contributed by atoms with E-state index in [0.717, 1.165) is 67.5 Å². The van der Waals surface area contributed by atoms with E-state index in [1.165, 1.54) is 35.3 Å². The van der Waals surface area contributed by atoms with Crippen LogP contribution in [0.2, 0.25) is 0 Å². The van der Waals surface area contributed by atoms with Crippen LogP contribution in [-0.2, 0) is 22.6 Å². The topological polar surface area (TPSA) is 56.5 Å². The van der Waals surface area contributed by atoms with Crippen LogP contribution in [-0.4, -0.2) is 34.3 Å². The van der Waals surface area contributed by atoms with Gasteiger partial charge in [0, 0.05) is 30.6 Å². The predicted octanol–water partition coefficient (Wildman–Crippen LogP) is 7.37. The summed E-state index contributed by atoms with van der Waals surface area (Å²) in [6, 6.07) is 8.60. The van der Waals surface area contributed by atoms with Gasteiger partial charge in [0.2, 0.25) is 0 Å². The Hall–Kier alpha value is -3.38. The number of hydroxylamine groups is 2. The van der Waals surface area contributed by atoms with E-state index in [9.17, 15) is 9.59 Å². The lowest BCUT2D eigenvalue weighted by Gasteiger charge is -2.30. The van der Waals surface area contributed by atoms with E-state index in [1.54, 1.807) is 7.05 Å². The zero-order valence-electron chi connectivity index (χ0n) is 25.6. The molecule has 0 saturated heterocycles. The predicted molar refractivity (Wildman–Crippen MR) is 167 cm³/mol. The summed E-state index contributed by atoms with van der Waals surface area (Å²) in [5, 5.41) is 1.30. The normalized spacial score (nSPS) is 20.4. The molecule has 6 nitrogen and oxygen atoms in total. The second-order valence-electron chi connectivity index (χ2n) is 12.5. The number of amides is 1. The highest BCUT2D eigenvalue weighted by atomic mass is 16.7. The molecule has 1 aromatic heterocycles. The first kappa shape index (κ1) is 29.1. The van der Waals surface area contributed by atoms with Gasteiger partial charge in [0.25, 0.3) is 5.91 Å². The highest BCUT2D eigenvalue weighted by Gasteiger charge is 2.46. The van der Waals surface area contributed by atoms with Crippen molar-refractivity contribution in [2.75, 3.05) is 14.2 Å². The monoisotopic (exact) mass is 555 g/mol. The van der Waals surface area contributed by atoms with Crippen LogP contribution in [0.15, 0.2) is 57.9 Å². The van der Waals surface area contributed by atoms with E-state index in [1.807, 2.05) is 10.6 Å². The number of fused-ring (bicyclic) bond motifs is 4. The standard InChI is InChI=1S/C35H45N3O3/c1-24(2)13-12-14-25(3)19-20-37-31-22-30(33(39)36(5)41-6)35(4)23-26-15-10-11-18-28(26)29(35)21-32(31)38(34(37)40)27-16-8-7-9-17-27/h10-11,13,15,18-19,21-22,27H,7-9,12,14,16-17,20,23H2,1-6H3/b25-19+/t35-/m0/s1. The zero-order chi connectivity index (χ0) is 29.3. The van der Waals surface area contributed by atoms with Gasteiger partial charge in [-0.25, -0.2) is 9.86 Å². The first-order valence-corrected chi connectivity index (χ1v) is 15.1. The Kier molecular flexibility index (Phi) is 8.42. The molecule has 218 valence electrons. The molecule has 3 aliphatic carbocycles. The van der Waals surface area contributed by atoms with Crippen molar-refractivity contribution >= 4 is 23.6 Å². The number of hydrogen-bond acceptors (Lipinski definition) is 3. The van der Waals surface area contributed by atoms with Crippen LogP contribution in [0, 0.1) is 5.41 Å². The summed E-state index contributed by atoms with van der Waals surface area (Å²) < 4.78 is 3.95. The molecule has 1 saturated carbocycles. The fraction of sp³-hybridized carbons (Fsp3) is 0.486. The quantitative estimate of drug-likeness (QED) is 0.252. The number of nitrogens with zero attached hydrogens (tertiary/aromatic N) is 3. The van der Waals surface area contributed by atoms with Crippen LogP contribution in [0.25, 0.3) is 17.7 Å². The molecule has 3 aliphatic rings. The van der Waals surface area contributed by atoms with E-state index in [2.05, 4.69) is 74.8 Å². The van der Waals surface area contributed by atoms with Crippen molar-refractivity contribution in [3.8, 4) is 0 Å². The minimum Gasteiger partial charge on any atom is -0.289 e. The number of aromatic nitrogens is 2. The Bertz CT molecular complexity index is 1510. The molecule has 2 aromatic rings. The second kappa shape index (κ2) is 11.8. The van der Waals surface area contributed by atoms with Crippen molar-refractivity contribution in [3.05, 3.63) is 86.1 Å². The van der Waals surface area contributed by atoms with Gasteiger partial charge < -0.3 is 0 Å². The molecule has 6 heteroatoms. The van der Waals surface area contributed by atoms with Crippen molar-refractivity contribution in [2.45, 2.75) is 91.6 Å². The highest BCUT2D eigenvalue weighted by Crippen LogP contribution is 2.54. The summed E-state index contributed by atoms with van der Waals surface area (Å²) in [5.41, 5.74) is 7.95. The van der Waals surface area contributed by atoms with Gasteiger partial charge in [0.15, 0.2) is 0 Å². The molecule has 0 radical (unpaired) electrons. The third kappa shape index (κ3) is 5.46. The van der Waals surface area contributed by atoms with E-state index >= 15 is 0 Å². The molecular weight excluding hydrogens is 510 g/mol. The third-order valence-electron chi connectivity index (χ3n) is 9.30. The van der Waals surface area contributed by atoms with Crippen molar-refractivity contribution in [1.29, 1.82) is 0 Å². The molecule has 0 N–H and O–H groups in total. The summed E-state index contributed by atoms with van der Waals surface area (Å²) in [7, 11) is 3.17. The minimum absolute atomic E-state index is 0.0186. The van der Waals surface area contributed by atoms with Crippen molar-refractivity contribution < 1.29 is 9.63 Å². The van der Waals surface area contributed by atoms with Crippen LogP contribution in [0.3, 0.4) is 0 Å². The van der Waals surface area contributed by atoms with E-state index in [-0.39, 0.29) is 17.6 Å². The first-order valence-electron chi connectivity index (χ1n) is 15.1. The molecule has 1 amide bonds. The molecule has 0 aliphatic heterocycles. The fourth-order valence-electron chi connectivity index (χ4n) is 6.87. The average Bonchev–Trinajstić information content (AvgIpc) is 3.35. The Morgan fingerprint density at radius 1 is 1.07 bits per heavy atom. The average molecular weight is 556 g/mol. The maximum Gasteiger partial charge on any atom is 0.329 e. The lowest BCUT2D eigenvalue weighted by Crippen LogP contribution is -2.34. The van der Waals surface area contributed by atoms with Gasteiger partial charge in [-0.3, -0.25) is 18.8 Å². The molecule has 5 rings (SSSR count). The number of carbonyl (C=O) groups excluding carboxylic acids is 1. The molecule has 1 aromatic carbocycles. The number of rotatable bonds is 8. The van der Waals surface area contributed by atoms with Gasteiger partial charge in [-0.05, 0) is 81.7 Å². The zero-order valence-corrected chi connectivity index (χ0v) is 25.6. The van der Waals surface area contributed by atoms with Gasteiger partial charge >= 0.3 is 5.69 Å². The van der Waals surface area contributed by atoms with Gasteiger partial charge in [-0.2, -0.15) is 0 Å². The van der Waals surface area contributed by atoms with Crippen LogP contribution in [0.4, 0.5) is 0 Å². The summed E-state index contributed by atoms with van der Waals surface area (Å²) in [5.74, 6) is -0.181. The summed E-state index contributed by atoms with van der Waals surface area (Å²) in [4.78, 5) is 33.6. The van der Waals surface area contributed by atoms with Crippen LogP contribution >= 0.6 is 0 Å². The molecule has 0 unspecified atom stereocenters. The molecule has 41 heavy (non-hydrogen) atoms. The summed E-state index contributed by atoms with van der Waals surface area (Å²) in [6.45, 7) is 9.03. The lowest BCUT2D eigenvalue weighted by molar-refractivity contribution is -0.164. The summed E-state index contributed by atoms with van der Waals surface area (Å²) in [6.07, 6.45) is 16.8. The number of carbonyl (C=O) groups is 1. The molecule has 1 fully saturated rings. The largest absolute Gasteiger partial charge is 0.329 e. The Labute approximate surface area is 244 Å². The number of allylic oxidation sites excluding steroid dienone is 5. The van der Waals surface area contributed by atoms with Crippen LogP contribution in [0.1, 0.15) is 101 Å². The molecular formula is C35H45N3O3. The van der Waals surface area contributed by atoms with Gasteiger partial charge in [-0.15, -0.1) is 0 Å². The van der Waals surface area contributed by atoms with Gasteiger partial charge in [0.1, 0.15) is 0 Å². The molecule has 1 atom stereocenters. The first-order chi connectivity index (χ1) is 19.7. The van der Waals surface area contributed by atoms with Crippen LogP contribution < -0.4 is 5.69 Å². The third-order valence-corrected chi connectivity index (χ3v) is 9.30. The molecule has 0 spiro atoms. The van der Waals surface area contributed by atoms with Gasteiger partial charge in [0.05, 0.1) is 18.5 Å². The molecule has 0 bridgehead atoms. The second-order valence-corrected chi connectivity index (χ2v) is 12.5. The fourth-order valence-corrected chi connectivity index (χ4v) is 6.87. The SMILES string of the molecule is CON(C)C(=O)C1=Cc2c(n(C3CCCCC3)c(=O)n2C/C=C(\C)CCC=C(C)C)C=C2c3ccccc3C[C@]12C. The van der Waals surface area contributed by atoms with E-state index < -0.39 is 5.41 Å². The lowest BCUT2D eigenvalue weighted by atomic mass is 9.75. The van der Waals surface area contributed by atoms with E-state index in [0.29, 0.717) is 12.1 Å². The Balaban J connectivity index is 1.72. The smallest absolute Gasteiger partial charge is 0.289 e. The Morgan fingerprint density at radius 2 is 1.80 bits per heavy atom. The number of hydrogen-bond donors (Lipinski definition) is 0. The highest BCUT2D eigenvalue weighted by molar-refractivity contribution is 6.06. The van der Waals surface area contributed by atoms with Crippen molar-refractivity contribution in [1.82, 2.24) is 14.2 Å². The Morgan fingerprint density at radius 3 is 2.51 bits per heavy atom. The van der Waals surface area contributed by atoms with Crippen LogP contribution in [0.5, 0.6) is 0 Å². The van der Waals surface area contributed by atoms with Crippen molar-refractivity contribution in [2.24, 2.45) is 5.41 Å². The maximum atomic E-state index is 14.3. The van der Waals surface area contributed by atoms with Crippen molar-refractivity contribution in [3.63, 3.8) is 0 Å². The number of benzene rings is 1. The van der Waals surface area contributed by atoms with E-state index in [4.69, 9.17) is 4.84 Å². The number of imidazole rings is 1. The minimum atomic E-state index is -0.541. The maximum absolute atomic E-state index is 14.3. The van der Waals surface area contributed by atoms with Gasteiger partial charge in [-0.1, -0.05) is 73.7 Å². The number of likely N-dealkylation sites (N-methyl/N-ethyl adjacent to an activating group) is 1.